The third kappa shape index (κ3) is 2.29. The molecule has 1 aromatic rings. The van der Waals surface area contributed by atoms with E-state index in [0.717, 1.165) is 12.8 Å². The zero-order valence-electron chi connectivity index (χ0n) is 11.5. The van der Waals surface area contributed by atoms with Crippen molar-refractivity contribution in [3.8, 4) is 0 Å². The Labute approximate surface area is 108 Å². The highest BCUT2D eigenvalue weighted by Gasteiger charge is 2.43. The summed E-state index contributed by atoms with van der Waals surface area (Å²) in [5.74, 6) is 1.67. The number of hydrogen-bond donors (Lipinski definition) is 1. The molecule has 1 saturated carbocycles. The number of hydrogen-bond acceptors (Lipinski definition) is 5. The van der Waals surface area contributed by atoms with Gasteiger partial charge >= 0.3 is 0 Å². The van der Waals surface area contributed by atoms with E-state index in [1.807, 2.05) is 6.92 Å². The van der Waals surface area contributed by atoms with Crippen LogP contribution in [0.25, 0.3) is 0 Å². The maximum absolute atomic E-state index is 5.85. The van der Waals surface area contributed by atoms with Crippen molar-refractivity contribution in [2.45, 2.75) is 51.6 Å². The molecule has 0 bridgehead atoms. The molecule has 1 aromatic heterocycles. The van der Waals surface area contributed by atoms with Crippen molar-refractivity contribution in [2.24, 2.45) is 11.7 Å². The zero-order chi connectivity index (χ0) is 13.2. The predicted octanol–water partition coefficient (Wildman–Crippen LogP) is 2.18. The molecule has 18 heavy (non-hydrogen) atoms. The second-order valence-electron chi connectivity index (χ2n) is 5.42. The Morgan fingerprint density at radius 3 is 2.61 bits per heavy atom. The van der Waals surface area contributed by atoms with Crippen LogP contribution in [-0.2, 0) is 10.2 Å². The van der Waals surface area contributed by atoms with Gasteiger partial charge < -0.3 is 15.0 Å². The summed E-state index contributed by atoms with van der Waals surface area (Å²) >= 11 is 0. The Bertz CT molecular complexity index is 380. The Kier molecular flexibility index (Phi) is 4.02. The molecule has 2 N–H and O–H groups in total. The van der Waals surface area contributed by atoms with E-state index < -0.39 is 0 Å². The summed E-state index contributed by atoms with van der Waals surface area (Å²) in [6, 6.07) is 0. The lowest BCUT2D eigenvalue weighted by molar-refractivity contribution is 0.0217. The first-order chi connectivity index (χ1) is 8.63. The molecule has 1 heterocycles. The van der Waals surface area contributed by atoms with Gasteiger partial charge in [-0.05, 0) is 25.7 Å². The van der Waals surface area contributed by atoms with Gasteiger partial charge in [0, 0.05) is 13.2 Å². The second kappa shape index (κ2) is 5.36. The molecule has 0 spiro atoms. The van der Waals surface area contributed by atoms with Crippen LogP contribution in [0.5, 0.6) is 0 Å². The standard InChI is InChI=1S/C13H23N3O2/c1-4-17-10(9(2)3)11-15-12(18-16-11)13(8-14)6-5-7-13/h9-10H,4-8,14H2,1-3H3. The van der Waals surface area contributed by atoms with Gasteiger partial charge in [-0.15, -0.1) is 0 Å². The number of rotatable bonds is 6. The fourth-order valence-electron chi connectivity index (χ4n) is 2.42. The van der Waals surface area contributed by atoms with Crippen LogP contribution in [0, 0.1) is 5.92 Å². The minimum absolute atomic E-state index is 0.0704. The third-order valence-corrected chi connectivity index (χ3v) is 3.80. The van der Waals surface area contributed by atoms with Crippen molar-refractivity contribution in [2.75, 3.05) is 13.2 Å². The van der Waals surface area contributed by atoms with Crippen LogP contribution in [-0.4, -0.2) is 23.3 Å². The monoisotopic (exact) mass is 253 g/mol. The van der Waals surface area contributed by atoms with E-state index in [1.54, 1.807) is 0 Å². The highest BCUT2D eigenvalue weighted by Crippen LogP contribution is 2.42. The van der Waals surface area contributed by atoms with Crippen molar-refractivity contribution < 1.29 is 9.26 Å². The molecule has 102 valence electrons. The third-order valence-electron chi connectivity index (χ3n) is 3.80. The Balaban J connectivity index is 2.18. The van der Waals surface area contributed by atoms with Gasteiger partial charge in [0.1, 0.15) is 6.10 Å². The molecule has 2 rings (SSSR count). The smallest absolute Gasteiger partial charge is 0.234 e. The summed E-state index contributed by atoms with van der Waals surface area (Å²) in [6.07, 6.45) is 3.19. The maximum Gasteiger partial charge on any atom is 0.234 e. The molecule has 1 unspecified atom stereocenters. The minimum Gasteiger partial charge on any atom is -0.370 e. The van der Waals surface area contributed by atoms with Crippen LogP contribution in [0.1, 0.15) is 57.9 Å². The molecule has 0 saturated heterocycles. The van der Waals surface area contributed by atoms with E-state index in [2.05, 4.69) is 24.0 Å². The Morgan fingerprint density at radius 1 is 1.44 bits per heavy atom. The van der Waals surface area contributed by atoms with E-state index in [-0.39, 0.29) is 11.5 Å². The first-order valence-corrected chi connectivity index (χ1v) is 6.78. The van der Waals surface area contributed by atoms with Gasteiger partial charge in [-0.3, -0.25) is 0 Å². The first-order valence-electron chi connectivity index (χ1n) is 6.78. The number of ether oxygens (including phenoxy) is 1. The van der Waals surface area contributed by atoms with Crippen molar-refractivity contribution in [3.05, 3.63) is 11.7 Å². The predicted molar refractivity (Wildman–Crippen MR) is 68.1 cm³/mol. The SMILES string of the molecule is CCOC(c1noc(C2(CN)CCC2)n1)C(C)C. The van der Waals surface area contributed by atoms with Gasteiger partial charge in [0.25, 0.3) is 0 Å². The van der Waals surface area contributed by atoms with Gasteiger partial charge in [0.05, 0.1) is 5.41 Å². The summed E-state index contributed by atoms with van der Waals surface area (Å²) in [4.78, 5) is 4.53. The molecular formula is C13H23N3O2. The highest BCUT2D eigenvalue weighted by atomic mass is 16.5. The largest absolute Gasteiger partial charge is 0.370 e. The first kappa shape index (κ1) is 13.5. The van der Waals surface area contributed by atoms with Crippen LogP contribution >= 0.6 is 0 Å². The summed E-state index contributed by atoms with van der Waals surface area (Å²) in [6.45, 7) is 7.39. The van der Waals surface area contributed by atoms with Gasteiger partial charge in [0.2, 0.25) is 11.7 Å². The van der Waals surface area contributed by atoms with E-state index in [9.17, 15) is 0 Å². The van der Waals surface area contributed by atoms with Gasteiger partial charge in [-0.25, -0.2) is 0 Å². The summed E-state index contributed by atoms with van der Waals surface area (Å²) in [7, 11) is 0. The van der Waals surface area contributed by atoms with Gasteiger partial charge in [-0.1, -0.05) is 25.4 Å². The van der Waals surface area contributed by atoms with E-state index in [1.165, 1.54) is 6.42 Å². The number of aromatic nitrogens is 2. The van der Waals surface area contributed by atoms with Crippen LogP contribution in [0.3, 0.4) is 0 Å². The zero-order valence-corrected chi connectivity index (χ0v) is 11.5. The van der Waals surface area contributed by atoms with Crippen LogP contribution < -0.4 is 5.73 Å². The summed E-state index contributed by atoms with van der Waals surface area (Å²) < 4.78 is 11.1. The van der Waals surface area contributed by atoms with Crippen LogP contribution in [0.2, 0.25) is 0 Å². The normalized spacial score (nSPS) is 19.8. The average molecular weight is 253 g/mol. The molecule has 1 atom stereocenters. The molecule has 0 radical (unpaired) electrons. The minimum atomic E-state index is -0.0950. The Morgan fingerprint density at radius 2 is 2.17 bits per heavy atom. The highest BCUT2D eigenvalue weighted by molar-refractivity contribution is 5.12. The summed E-state index contributed by atoms with van der Waals surface area (Å²) in [5.41, 5.74) is 5.78. The lowest BCUT2D eigenvalue weighted by Gasteiger charge is -2.36. The number of nitrogens with zero attached hydrogens (tertiary/aromatic N) is 2. The second-order valence-corrected chi connectivity index (χ2v) is 5.42. The van der Waals surface area contributed by atoms with E-state index in [0.29, 0.717) is 30.8 Å². The fraction of sp³-hybridized carbons (Fsp3) is 0.846. The fourth-order valence-corrected chi connectivity index (χ4v) is 2.42. The summed E-state index contributed by atoms with van der Waals surface area (Å²) in [5, 5.41) is 4.09. The molecule has 0 aliphatic heterocycles. The molecule has 1 aliphatic rings. The van der Waals surface area contributed by atoms with Gasteiger partial charge in [-0.2, -0.15) is 4.98 Å². The molecular weight excluding hydrogens is 230 g/mol. The quantitative estimate of drug-likeness (QED) is 0.841. The lowest BCUT2D eigenvalue weighted by Crippen LogP contribution is -2.41. The Hall–Kier alpha value is -0.940. The topological polar surface area (TPSA) is 74.2 Å². The van der Waals surface area contributed by atoms with Crippen molar-refractivity contribution in [1.82, 2.24) is 10.1 Å². The van der Waals surface area contributed by atoms with Gasteiger partial charge in [0.15, 0.2) is 0 Å². The average Bonchev–Trinajstić information content (AvgIpc) is 2.74. The van der Waals surface area contributed by atoms with Crippen molar-refractivity contribution >= 4 is 0 Å². The number of nitrogens with two attached hydrogens (primary N) is 1. The molecule has 5 nitrogen and oxygen atoms in total. The maximum atomic E-state index is 5.85. The molecule has 1 aliphatic carbocycles. The van der Waals surface area contributed by atoms with Crippen molar-refractivity contribution in [1.29, 1.82) is 0 Å². The van der Waals surface area contributed by atoms with E-state index >= 15 is 0 Å². The van der Waals surface area contributed by atoms with Crippen molar-refractivity contribution in [3.63, 3.8) is 0 Å². The molecule has 5 heteroatoms. The molecule has 0 aromatic carbocycles. The molecule has 1 fully saturated rings. The van der Waals surface area contributed by atoms with E-state index in [4.69, 9.17) is 15.0 Å². The van der Waals surface area contributed by atoms with Crippen LogP contribution in [0.4, 0.5) is 0 Å². The molecule has 0 amide bonds. The van der Waals surface area contributed by atoms with Crippen LogP contribution in [0.15, 0.2) is 4.52 Å². The lowest BCUT2D eigenvalue weighted by atomic mass is 9.69.